The lowest BCUT2D eigenvalue weighted by Crippen LogP contribution is -2.35. The Morgan fingerprint density at radius 2 is 0.467 bits per heavy atom. The summed E-state index contributed by atoms with van der Waals surface area (Å²) >= 11 is 0. The van der Waals surface area contributed by atoms with Crippen LogP contribution in [0, 0.1) is 0 Å². The standard InChI is InChI=1S/C24H51P.C19H42N/c1-4-7-10-13-16-19-22-25(23-20-17-14-11-8-5-2)24-21-18-15-12-9-6-3;1-5-6-7-8-9-10-11-12-13-14-15-16-17-18-19-20(2,3)4/h4-24H2,1-3H3;5-19H2,1-4H3/q;+1. The molecule has 0 aromatic heterocycles. The highest BCUT2D eigenvalue weighted by Crippen LogP contribution is 2.39. The quantitative estimate of drug-likeness (QED) is 0.0358. The van der Waals surface area contributed by atoms with Crippen molar-refractivity contribution in [2.24, 2.45) is 0 Å². The highest BCUT2D eigenvalue weighted by atomic mass is 31.1. The maximum absolute atomic E-state index is 2.32. The Morgan fingerprint density at radius 3 is 0.689 bits per heavy atom. The van der Waals surface area contributed by atoms with Crippen LogP contribution in [-0.2, 0) is 0 Å². The van der Waals surface area contributed by atoms with Gasteiger partial charge in [-0.2, -0.15) is 0 Å². The summed E-state index contributed by atoms with van der Waals surface area (Å²) in [6.45, 7) is 10.6. The molecule has 0 fully saturated rings. The maximum atomic E-state index is 2.32. The molecule has 0 radical (unpaired) electrons. The van der Waals surface area contributed by atoms with Crippen LogP contribution in [0.25, 0.3) is 0 Å². The molecule has 0 aromatic carbocycles. The molecule has 0 unspecified atom stereocenters. The Morgan fingerprint density at radius 1 is 0.267 bits per heavy atom. The maximum Gasteiger partial charge on any atom is 0.0780 e. The van der Waals surface area contributed by atoms with Crippen molar-refractivity contribution in [3.63, 3.8) is 0 Å². The summed E-state index contributed by atoms with van der Waals surface area (Å²) in [5.74, 6) is 0. The van der Waals surface area contributed by atoms with Crippen molar-refractivity contribution in [1.29, 1.82) is 0 Å². The van der Waals surface area contributed by atoms with Crippen LogP contribution in [-0.4, -0.2) is 50.7 Å². The molecule has 0 spiro atoms. The van der Waals surface area contributed by atoms with E-state index >= 15 is 0 Å². The zero-order chi connectivity index (χ0) is 33.5. The van der Waals surface area contributed by atoms with E-state index in [9.17, 15) is 0 Å². The Balaban J connectivity index is 0. The van der Waals surface area contributed by atoms with Gasteiger partial charge in [-0.1, -0.05) is 201 Å². The van der Waals surface area contributed by atoms with E-state index in [0.717, 1.165) is 4.48 Å². The van der Waals surface area contributed by atoms with Gasteiger partial charge < -0.3 is 4.48 Å². The molecule has 0 saturated carbocycles. The highest BCUT2D eigenvalue weighted by Gasteiger charge is 2.08. The normalized spacial score (nSPS) is 11.7. The van der Waals surface area contributed by atoms with Crippen LogP contribution in [0.3, 0.4) is 0 Å². The van der Waals surface area contributed by atoms with Crippen LogP contribution in [0.1, 0.15) is 233 Å². The predicted octanol–water partition coefficient (Wildman–Crippen LogP) is 15.7. The average molecular weight is 655 g/mol. The van der Waals surface area contributed by atoms with Crippen molar-refractivity contribution < 1.29 is 4.48 Å². The first-order chi connectivity index (χ1) is 21.9. The molecular weight excluding hydrogens is 561 g/mol. The molecule has 0 aromatic rings. The average Bonchev–Trinajstić information content (AvgIpc) is 3.01. The molecule has 0 aliphatic carbocycles. The smallest absolute Gasteiger partial charge is 0.0780 e. The van der Waals surface area contributed by atoms with Gasteiger partial charge in [0.2, 0.25) is 0 Å². The van der Waals surface area contributed by atoms with Gasteiger partial charge in [0.05, 0.1) is 27.7 Å². The minimum Gasteiger partial charge on any atom is -0.331 e. The fourth-order valence-corrected chi connectivity index (χ4v) is 9.15. The number of unbranched alkanes of at least 4 members (excludes halogenated alkanes) is 28. The third kappa shape index (κ3) is 46.6. The SMILES string of the molecule is CCCCCCCCCCCCCCCC[N+](C)(C)C.CCCCCCCCP(CCCCCCCC)CCCCCCCC. The van der Waals surface area contributed by atoms with Crippen molar-refractivity contribution in [3.8, 4) is 0 Å². The van der Waals surface area contributed by atoms with E-state index in [-0.39, 0.29) is 0 Å². The van der Waals surface area contributed by atoms with Crippen molar-refractivity contribution in [1.82, 2.24) is 0 Å². The number of nitrogens with zero attached hydrogens (tertiary/aromatic N) is 1. The van der Waals surface area contributed by atoms with Crippen molar-refractivity contribution in [3.05, 3.63) is 0 Å². The van der Waals surface area contributed by atoms with Gasteiger partial charge in [0, 0.05) is 0 Å². The molecule has 0 rings (SSSR count). The summed E-state index contributed by atoms with van der Waals surface area (Å²) in [5, 5.41) is 0. The van der Waals surface area contributed by atoms with E-state index in [1.165, 1.54) is 212 Å². The van der Waals surface area contributed by atoms with Crippen LogP contribution in [0.2, 0.25) is 0 Å². The van der Waals surface area contributed by atoms with E-state index in [0.29, 0.717) is 7.92 Å². The first-order valence-electron chi connectivity index (χ1n) is 21.4. The molecule has 0 amide bonds. The van der Waals surface area contributed by atoms with Gasteiger partial charge >= 0.3 is 0 Å². The molecule has 45 heavy (non-hydrogen) atoms. The van der Waals surface area contributed by atoms with Crippen molar-refractivity contribution >= 4 is 7.92 Å². The van der Waals surface area contributed by atoms with Crippen LogP contribution in [0.4, 0.5) is 0 Å². The lowest BCUT2D eigenvalue weighted by molar-refractivity contribution is -0.870. The molecule has 1 nitrogen and oxygen atoms in total. The minimum absolute atomic E-state index is 0.366. The molecule has 0 N–H and O–H groups in total. The van der Waals surface area contributed by atoms with E-state index in [4.69, 9.17) is 0 Å². The number of quaternary nitrogens is 1. The second kappa shape index (κ2) is 40.6. The Kier molecular flexibility index (Phi) is 42.8. The third-order valence-corrected chi connectivity index (χ3v) is 12.5. The lowest BCUT2D eigenvalue weighted by atomic mass is 10.0. The molecule has 0 heterocycles. The second-order valence-electron chi connectivity index (χ2n) is 15.8. The molecule has 0 aliphatic rings. The molecule has 0 aliphatic heterocycles. The van der Waals surface area contributed by atoms with Crippen molar-refractivity contribution in [2.45, 2.75) is 233 Å². The summed E-state index contributed by atoms with van der Waals surface area (Å²) in [5.41, 5.74) is 0. The Hall–Kier alpha value is 0.390. The van der Waals surface area contributed by atoms with Gasteiger partial charge in [-0.25, -0.2) is 0 Å². The summed E-state index contributed by atoms with van der Waals surface area (Å²) in [7, 11) is 7.25. The van der Waals surface area contributed by atoms with Crippen LogP contribution < -0.4 is 0 Å². The molecule has 0 atom stereocenters. The zero-order valence-electron chi connectivity index (χ0n) is 33.4. The highest BCUT2D eigenvalue weighted by molar-refractivity contribution is 7.57. The largest absolute Gasteiger partial charge is 0.331 e. The Labute approximate surface area is 291 Å². The van der Waals surface area contributed by atoms with E-state index in [1.54, 1.807) is 18.5 Å². The number of hydrogen-bond donors (Lipinski definition) is 0. The van der Waals surface area contributed by atoms with Crippen LogP contribution in [0.5, 0.6) is 0 Å². The Bertz CT molecular complexity index is 461. The first-order valence-corrected chi connectivity index (χ1v) is 23.3. The summed E-state index contributed by atoms with van der Waals surface area (Å²) in [4.78, 5) is 0. The van der Waals surface area contributed by atoms with Gasteiger partial charge in [0.1, 0.15) is 0 Å². The minimum atomic E-state index is 0.366. The number of rotatable bonds is 36. The molecular formula is C43H93NP+. The fraction of sp³-hybridized carbons (Fsp3) is 1.00. The zero-order valence-corrected chi connectivity index (χ0v) is 34.2. The second-order valence-corrected chi connectivity index (χ2v) is 18.4. The third-order valence-electron chi connectivity index (χ3n) is 9.67. The predicted molar refractivity (Wildman–Crippen MR) is 215 cm³/mol. The van der Waals surface area contributed by atoms with E-state index in [2.05, 4.69) is 48.8 Å². The molecule has 274 valence electrons. The number of hydrogen-bond acceptors (Lipinski definition) is 0. The summed E-state index contributed by atoms with van der Waals surface area (Å²) < 4.78 is 1.12. The van der Waals surface area contributed by atoms with E-state index in [1.807, 2.05) is 0 Å². The molecule has 0 bridgehead atoms. The first kappa shape index (κ1) is 47.5. The summed E-state index contributed by atoms with van der Waals surface area (Å²) in [6, 6.07) is 0. The van der Waals surface area contributed by atoms with Gasteiger partial charge in [-0.05, 0) is 50.6 Å². The fourth-order valence-electron chi connectivity index (χ4n) is 6.46. The van der Waals surface area contributed by atoms with Gasteiger partial charge in [0.15, 0.2) is 0 Å². The topological polar surface area (TPSA) is 0 Å². The van der Waals surface area contributed by atoms with Gasteiger partial charge in [0.25, 0.3) is 0 Å². The van der Waals surface area contributed by atoms with Crippen molar-refractivity contribution in [2.75, 3.05) is 46.2 Å². The summed E-state index contributed by atoms with van der Waals surface area (Å²) in [6.07, 6.45) is 51.6. The van der Waals surface area contributed by atoms with Crippen LogP contribution in [0.15, 0.2) is 0 Å². The molecule has 2 heteroatoms. The van der Waals surface area contributed by atoms with Gasteiger partial charge in [-0.15, -0.1) is 7.92 Å². The van der Waals surface area contributed by atoms with Crippen LogP contribution >= 0.6 is 7.92 Å². The molecule has 0 saturated heterocycles. The lowest BCUT2D eigenvalue weighted by Gasteiger charge is -2.23. The van der Waals surface area contributed by atoms with E-state index < -0.39 is 0 Å². The monoisotopic (exact) mass is 655 g/mol. The van der Waals surface area contributed by atoms with Gasteiger partial charge in [-0.3, -0.25) is 0 Å².